The third kappa shape index (κ3) is 7.96. The zero-order chi connectivity index (χ0) is 35.5. The van der Waals surface area contributed by atoms with Crippen LogP contribution in [0.5, 0.6) is 5.75 Å². The summed E-state index contributed by atoms with van der Waals surface area (Å²) in [5.74, 6) is 0.181. The molecular weight excluding hydrogens is 672 g/mol. The van der Waals surface area contributed by atoms with Gasteiger partial charge in [-0.05, 0) is 117 Å². The number of aryl methyl sites for hydroxylation is 1. The molecule has 4 aliphatic rings. The van der Waals surface area contributed by atoms with E-state index in [9.17, 15) is 18.3 Å². The average Bonchev–Trinajstić information content (AvgIpc) is 3.19. The van der Waals surface area contributed by atoms with E-state index in [0.29, 0.717) is 44.9 Å². The molecule has 2 aromatic carbocycles. The van der Waals surface area contributed by atoms with E-state index in [1.165, 1.54) is 11.1 Å². The fourth-order valence-corrected chi connectivity index (χ4v) is 10.3. The molecule has 2 aromatic rings. The van der Waals surface area contributed by atoms with Gasteiger partial charge in [-0.3, -0.25) is 4.79 Å². The fraction of sp³-hybridized carbons (Fsp3) is 0.575. The summed E-state index contributed by atoms with van der Waals surface area (Å²) in [6.45, 7) is 10.3. The Morgan fingerprint density at radius 3 is 2.74 bits per heavy atom. The van der Waals surface area contributed by atoms with E-state index in [1.54, 1.807) is 24.3 Å². The van der Waals surface area contributed by atoms with Crippen molar-refractivity contribution in [3.8, 4) is 5.75 Å². The molecule has 6 rings (SSSR count). The fourth-order valence-electron chi connectivity index (χ4n) is 8.43. The number of fused-ring (bicyclic) bond motifs is 3. The van der Waals surface area contributed by atoms with Crippen molar-refractivity contribution in [1.29, 1.82) is 0 Å². The zero-order valence-electron chi connectivity index (χ0n) is 29.5. The first-order chi connectivity index (χ1) is 24.0. The molecular formula is C40H53ClN2O6S. The number of sulfonamides is 1. The topological polar surface area (TPSA) is 105 Å². The van der Waals surface area contributed by atoms with Crippen molar-refractivity contribution >= 4 is 33.2 Å². The first kappa shape index (κ1) is 36.9. The number of hydrogen-bond acceptors (Lipinski definition) is 7. The summed E-state index contributed by atoms with van der Waals surface area (Å²) >= 11 is 6.44. The van der Waals surface area contributed by atoms with Crippen LogP contribution in [0.2, 0.25) is 5.02 Å². The number of nitrogens with zero attached hydrogens (tertiary/aromatic N) is 1. The summed E-state index contributed by atoms with van der Waals surface area (Å²) in [7, 11) is -4.02. The third-order valence-electron chi connectivity index (χ3n) is 11.6. The van der Waals surface area contributed by atoms with Crippen LogP contribution in [0.3, 0.4) is 0 Å². The van der Waals surface area contributed by atoms with Crippen molar-refractivity contribution < 1.29 is 27.8 Å². The van der Waals surface area contributed by atoms with Gasteiger partial charge in [-0.1, -0.05) is 56.2 Å². The van der Waals surface area contributed by atoms with Crippen LogP contribution in [0.15, 0.2) is 61.2 Å². The molecule has 2 heterocycles. The molecule has 1 amide bonds. The van der Waals surface area contributed by atoms with E-state index >= 15 is 0 Å². The second-order valence-corrected chi connectivity index (χ2v) is 17.4. The number of carbonyl (C=O) groups excluding carboxylic acids is 1. The number of allylic oxidation sites excluding steroid dienone is 2. The van der Waals surface area contributed by atoms with E-state index in [-0.39, 0.29) is 34.8 Å². The summed E-state index contributed by atoms with van der Waals surface area (Å²) < 4.78 is 42.1. The van der Waals surface area contributed by atoms with Gasteiger partial charge in [0.05, 0.1) is 29.8 Å². The van der Waals surface area contributed by atoms with Gasteiger partial charge in [0.15, 0.2) is 0 Å². The van der Waals surface area contributed by atoms with E-state index in [1.807, 2.05) is 19.1 Å². The molecule has 1 saturated carbocycles. The van der Waals surface area contributed by atoms with Gasteiger partial charge in [-0.2, -0.15) is 0 Å². The first-order valence-corrected chi connectivity index (χ1v) is 20.4. The van der Waals surface area contributed by atoms with Crippen molar-refractivity contribution in [2.45, 2.75) is 101 Å². The molecule has 2 aliphatic carbocycles. The van der Waals surface area contributed by atoms with Crippen LogP contribution in [0, 0.1) is 17.8 Å². The second kappa shape index (κ2) is 15.8. The van der Waals surface area contributed by atoms with E-state index in [0.717, 1.165) is 62.1 Å². The molecule has 50 heavy (non-hydrogen) atoms. The number of benzene rings is 2. The molecule has 272 valence electrons. The maximum Gasteiger partial charge on any atom is 0.264 e. The lowest BCUT2D eigenvalue weighted by molar-refractivity contribution is -0.0563. The smallest absolute Gasteiger partial charge is 0.264 e. The summed E-state index contributed by atoms with van der Waals surface area (Å²) in [5.41, 5.74) is 3.23. The van der Waals surface area contributed by atoms with Gasteiger partial charge in [0.2, 0.25) is 10.0 Å². The molecule has 0 bridgehead atoms. The molecule has 8 nitrogen and oxygen atoms in total. The molecule has 2 aliphatic heterocycles. The third-order valence-corrected chi connectivity index (χ3v) is 13.7. The quantitative estimate of drug-likeness (QED) is 0.196. The van der Waals surface area contributed by atoms with E-state index < -0.39 is 27.3 Å². The summed E-state index contributed by atoms with van der Waals surface area (Å²) in [6, 6.07) is 11.4. The number of nitrogens with one attached hydrogen (secondary N) is 1. The number of hydrogen-bond donors (Lipinski definition) is 2. The van der Waals surface area contributed by atoms with Gasteiger partial charge in [0.25, 0.3) is 5.91 Å². The minimum Gasteiger partial charge on any atom is -0.490 e. The Balaban J connectivity index is 1.30. The van der Waals surface area contributed by atoms with Crippen molar-refractivity contribution in [3.05, 3.63) is 82.9 Å². The predicted octanol–water partition coefficient (Wildman–Crippen LogP) is 7.38. The molecule has 0 radical (unpaired) electrons. The Kier molecular flexibility index (Phi) is 11.7. The van der Waals surface area contributed by atoms with E-state index in [2.05, 4.69) is 41.3 Å². The number of amides is 1. The SMILES string of the molecule is C=CC[C@H](C)[C@H](C[C@H]1CCO1)S(=O)(=O)NC(=O)c1ccc2c(c1)N(C[C@@H]1CC[C@H]1[C@@H](O)/C=C/CCC)C[C@@]1(CCCc3cc(Cl)ccc31)CO2. The average molecular weight is 725 g/mol. The van der Waals surface area contributed by atoms with Gasteiger partial charge < -0.3 is 19.5 Å². The van der Waals surface area contributed by atoms with Crippen molar-refractivity contribution in [2.75, 3.05) is 31.2 Å². The van der Waals surface area contributed by atoms with Crippen molar-refractivity contribution in [2.24, 2.45) is 17.8 Å². The van der Waals surface area contributed by atoms with Crippen molar-refractivity contribution in [3.63, 3.8) is 0 Å². The lowest BCUT2D eigenvalue weighted by Gasteiger charge is -2.45. The number of aliphatic hydroxyl groups is 1. The molecule has 0 unspecified atom stereocenters. The van der Waals surface area contributed by atoms with Gasteiger partial charge in [0, 0.05) is 35.7 Å². The van der Waals surface area contributed by atoms with Crippen LogP contribution >= 0.6 is 11.6 Å². The van der Waals surface area contributed by atoms with Crippen LogP contribution in [0.1, 0.15) is 93.1 Å². The molecule has 0 aromatic heterocycles. The molecule has 2 fully saturated rings. The summed E-state index contributed by atoms with van der Waals surface area (Å²) in [4.78, 5) is 16.1. The highest BCUT2D eigenvalue weighted by Crippen LogP contribution is 2.46. The van der Waals surface area contributed by atoms with Gasteiger partial charge in [-0.15, -0.1) is 6.58 Å². The van der Waals surface area contributed by atoms with Crippen LogP contribution in [0.25, 0.3) is 0 Å². The largest absolute Gasteiger partial charge is 0.490 e. The van der Waals surface area contributed by atoms with Gasteiger partial charge >= 0.3 is 0 Å². The summed E-state index contributed by atoms with van der Waals surface area (Å²) in [5, 5.41) is 11.0. The number of carbonyl (C=O) groups is 1. The van der Waals surface area contributed by atoms with Gasteiger partial charge in [0.1, 0.15) is 5.75 Å². The molecule has 2 N–H and O–H groups in total. The Morgan fingerprint density at radius 1 is 1.22 bits per heavy atom. The van der Waals surface area contributed by atoms with Crippen LogP contribution in [-0.4, -0.2) is 63.2 Å². The lowest BCUT2D eigenvalue weighted by Crippen LogP contribution is -2.49. The summed E-state index contributed by atoms with van der Waals surface area (Å²) in [6.07, 6.45) is 13.7. The molecule has 10 heteroatoms. The highest BCUT2D eigenvalue weighted by Gasteiger charge is 2.44. The van der Waals surface area contributed by atoms with Crippen LogP contribution < -0.4 is 14.4 Å². The Hall–Kier alpha value is -2.85. The van der Waals surface area contributed by atoms with Crippen LogP contribution in [-0.2, 0) is 26.6 Å². The second-order valence-electron chi connectivity index (χ2n) is 15.0. The van der Waals surface area contributed by atoms with E-state index in [4.69, 9.17) is 21.1 Å². The Bertz CT molecular complexity index is 1680. The Morgan fingerprint density at radius 2 is 2.04 bits per heavy atom. The molecule has 1 spiro atoms. The number of halogens is 1. The first-order valence-electron chi connectivity index (χ1n) is 18.5. The monoisotopic (exact) mass is 724 g/mol. The number of aliphatic hydroxyl groups excluding tert-OH is 1. The maximum atomic E-state index is 13.8. The normalized spacial score (nSPS) is 26.4. The minimum atomic E-state index is -4.02. The minimum absolute atomic E-state index is 0.124. The predicted molar refractivity (Wildman–Crippen MR) is 200 cm³/mol. The number of rotatable bonds is 14. The molecule has 7 atom stereocenters. The number of ether oxygens (including phenoxy) is 2. The zero-order valence-corrected chi connectivity index (χ0v) is 31.1. The Labute approximate surface area is 303 Å². The highest BCUT2D eigenvalue weighted by molar-refractivity contribution is 7.90. The lowest BCUT2D eigenvalue weighted by atomic mass is 9.68. The highest BCUT2D eigenvalue weighted by atomic mass is 35.5. The van der Waals surface area contributed by atoms with Crippen molar-refractivity contribution in [1.82, 2.24) is 4.72 Å². The molecule has 1 saturated heterocycles. The van der Waals surface area contributed by atoms with Gasteiger partial charge in [-0.25, -0.2) is 13.1 Å². The number of anilines is 1. The maximum absolute atomic E-state index is 13.8. The number of unbranched alkanes of at least 4 members (excludes halogenated alkanes) is 1. The standard InChI is InChI=1S/C40H53ClN2O6S/c1-4-6-7-11-36(44)33-15-12-30(33)24-43-25-40(19-8-10-28-21-31(41)14-16-34(28)40)26-49-37-17-13-29(22-35(37)43)39(45)42-50(46,47)38(27(3)9-5-2)23-32-18-20-48-32/h5,7,11,13-14,16-17,21-22,27,30,32-33,36,38,44H,2,4,6,8-10,12,15,18-20,23-26H2,1,3H3,(H,42,45)/b11-7+/t27-,30-,32+,33+,36-,38-,40-/m0/s1. The van der Waals surface area contributed by atoms with Crippen LogP contribution in [0.4, 0.5) is 5.69 Å².